The molecule has 0 radical (unpaired) electrons. The summed E-state index contributed by atoms with van der Waals surface area (Å²) in [4.78, 5) is 11.3. The van der Waals surface area contributed by atoms with Crippen LogP contribution in [-0.4, -0.2) is 16.5 Å². The molecular weight excluding hydrogens is 174 g/mol. The summed E-state index contributed by atoms with van der Waals surface area (Å²) < 4.78 is 4.05. The highest BCUT2D eigenvalue weighted by atomic mass is 32.1. The van der Waals surface area contributed by atoms with Crippen molar-refractivity contribution in [2.24, 2.45) is 5.10 Å². The Hall–Kier alpha value is -1.23. The first-order chi connectivity index (χ1) is 5.68. The van der Waals surface area contributed by atoms with Crippen molar-refractivity contribution < 1.29 is 4.79 Å². The lowest BCUT2D eigenvalue weighted by atomic mass is 10.4. The van der Waals surface area contributed by atoms with Crippen LogP contribution >= 0.6 is 11.5 Å². The second kappa shape index (κ2) is 3.96. The Kier molecular flexibility index (Phi) is 2.93. The summed E-state index contributed by atoms with van der Waals surface area (Å²) in [6.45, 7) is 3.32. The third-order valence-electron chi connectivity index (χ3n) is 1.06. The number of hydrogen-bond donors (Lipinski definition) is 1. The molecule has 0 aliphatic carbocycles. The van der Waals surface area contributed by atoms with E-state index in [0.717, 1.165) is 10.6 Å². The third-order valence-corrected chi connectivity index (χ3v) is 1.87. The summed E-state index contributed by atoms with van der Waals surface area (Å²) in [5.41, 5.74) is 3.27. The quantitative estimate of drug-likeness (QED) is 0.547. The largest absolute Gasteiger partial charge is 0.274 e. The first kappa shape index (κ1) is 8.86. The Morgan fingerprint density at radius 3 is 3.08 bits per heavy atom. The van der Waals surface area contributed by atoms with Gasteiger partial charge in [-0.2, -0.15) is 9.47 Å². The van der Waals surface area contributed by atoms with E-state index in [1.807, 2.05) is 13.0 Å². The van der Waals surface area contributed by atoms with Crippen molar-refractivity contribution in [1.29, 1.82) is 0 Å². The van der Waals surface area contributed by atoms with Gasteiger partial charge in [-0.05, 0) is 24.5 Å². The zero-order valence-electron chi connectivity index (χ0n) is 6.87. The van der Waals surface area contributed by atoms with Crippen molar-refractivity contribution >= 4 is 23.7 Å². The van der Waals surface area contributed by atoms with Crippen LogP contribution in [0.25, 0.3) is 0 Å². The Morgan fingerprint density at radius 1 is 1.83 bits per heavy atom. The monoisotopic (exact) mass is 183 g/mol. The number of aryl methyl sites for hydroxylation is 1. The number of aromatic nitrogens is 1. The average Bonchev–Trinajstić information content (AvgIpc) is 2.35. The minimum Gasteiger partial charge on any atom is -0.274 e. The normalized spacial score (nSPS) is 10.5. The lowest BCUT2D eigenvalue weighted by Gasteiger charge is -1.87. The van der Waals surface area contributed by atoms with Crippen molar-refractivity contribution in [3.8, 4) is 0 Å². The van der Waals surface area contributed by atoms with Gasteiger partial charge < -0.3 is 0 Å². The van der Waals surface area contributed by atoms with Gasteiger partial charge in [-0.25, -0.2) is 5.43 Å². The fourth-order valence-corrected chi connectivity index (χ4v) is 1.26. The number of carbonyl (C=O) groups is 1. The van der Waals surface area contributed by atoms with Gasteiger partial charge in [0, 0.05) is 6.92 Å². The molecule has 0 unspecified atom stereocenters. The Morgan fingerprint density at radius 2 is 2.58 bits per heavy atom. The van der Waals surface area contributed by atoms with Crippen molar-refractivity contribution in [1.82, 2.24) is 9.80 Å². The van der Waals surface area contributed by atoms with Crippen LogP contribution in [0.3, 0.4) is 0 Å². The van der Waals surface area contributed by atoms with Crippen LogP contribution in [-0.2, 0) is 4.79 Å². The summed E-state index contributed by atoms with van der Waals surface area (Å²) in [5, 5.41) is 3.70. The maximum Gasteiger partial charge on any atom is 0.236 e. The van der Waals surface area contributed by atoms with Crippen LogP contribution in [0, 0.1) is 6.92 Å². The molecule has 0 atom stereocenters. The van der Waals surface area contributed by atoms with E-state index in [0.29, 0.717) is 0 Å². The first-order valence-corrected chi connectivity index (χ1v) is 4.19. The molecule has 1 heterocycles. The van der Waals surface area contributed by atoms with Gasteiger partial charge in [-0.15, -0.1) is 0 Å². The third kappa shape index (κ3) is 2.79. The lowest BCUT2D eigenvalue weighted by molar-refractivity contribution is -0.118. The van der Waals surface area contributed by atoms with Gasteiger partial charge in [0.1, 0.15) is 0 Å². The van der Waals surface area contributed by atoms with E-state index in [-0.39, 0.29) is 5.91 Å². The molecule has 64 valence electrons. The van der Waals surface area contributed by atoms with E-state index in [2.05, 4.69) is 14.9 Å². The predicted octanol–water partition coefficient (Wildman–Crippen LogP) is 0.922. The smallest absolute Gasteiger partial charge is 0.236 e. The minimum absolute atomic E-state index is 0.174. The molecule has 0 aliphatic rings. The summed E-state index contributed by atoms with van der Waals surface area (Å²) in [5.74, 6) is -0.174. The van der Waals surface area contributed by atoms with E-state index in [9.17, 15) is 4.79 Å². The summed E-state index contributed by atoms with van der Waals surface area (Å²) in [6, 6.07) is 1.90. The lowest BCUT2D eigenvalue weighted by Crippen LogP contribution is -2.11. The molecule has 0 spiro atoms. The summed E-state index contributed by atoms with van der Waals surface area (Å²) in [6.07, 6.45) is 1.58. The molecule has 0 saturated carbocycles. The van der Waals surface area contributed by atoms with Crippen LogP contribution in [0.1, 0.15) is 17.5 Å². The minimum atomic E-state index is -0.174. The maximum absolute atomic E-state index is 10.4. The number of amides is 1. The summed E-state index contributed by atoms with van der Waals surface area (Å²) in [7, 11) is 0. The van der Waals surface area contributed by atoms with Crippen molar-refractivity contribution in [3.05, 3.63) is 16.6 Å². The van der Waals surface area contributed by atoms with Crippen LogP contribution in [0.15, 0.2) is 11.2 Å². The van der Waals surface area contributed by atoms with E-state index in [1.54, 1.807) is 6.21 Å². The van der Waals surface area contributed by atoms with Crippen molar-refractivity contribution in [2.45, 2.75) is 13.8 Å². The topological polar surface area (TPSA) is 54.4 Å². The molecule has 12 heavy (non-hydrogen) atoms. The highest BCUT2D eigenvalue weighted by molar-refractivity contribution is 7.07. The van der Waals surface area contributed by atoms with E-state index >= 15 is 0 Å². The number of hydrazone groups is 1. The van der Waals surface area contributed by atoms with Gasteiger partial charge in [0.15, 0.2) is 0 Å². The van der Waals surface area contributed by atoms with E-state index in [4.69, 9.17) is 0 Å². The molecule has 1 aromatic rings. The molecule has 0 bridgehead atoms. The number of hydrogen-bond acceptors (Lipinski definition) is 4. The number of nitrogens with zero attached hydrogens (tertiary/aromatic N) is 2. The summed E-state index contributed by atoms with van der Waals surface area (Å²) >= 11 is 1.35. The molecule has 1 amide bonds. The van der Waals surface area contributed by atoms with Crippen LogP contribution < -0.4 is 5.43 Å². The van der Waals surface area contributed by atoms with Gasteiger partial charge >= 0.3 is 0 Å². The zero-order valence-corrected chi connectivity index (χ0v) is 7.68. The SMILES string of the molecule is CC(=O)N/N=C/c1cc(C)ns1. The number of nitrogens with one attached hydrogen (secondary N) is 1. The molecule has 1 N–H and O–H groups in total. The second-order valence-corrected chi connectivity index (χ2v) is 3.13. The molecular formula is C7H9N3OS. The van der Waals surface area contributed by atoms with Gasteiger partial charge in [-0.1, -0.05) is 0 Å². The van der Waals surface area contributed by atoms with Gasteiger partial charge in [-0.3, -0.25) is 4.79 Å². The first-order valence-electron chi connectivity index (χ1n) is 3.41. The van der Waals surface area contributed by atoms with Crippen molar-refractivity contribution in [3.63, 3.8) is 0 Å². The fourth-order valence-electron chi connectivity index (χ4n) is 0.631. The van der Waals surface area contributed by atoms with Gasteiger partial charge in [0.2, 0.25) is 5.91 Å². The predicted molar refractivity (Wildman–Crippen MR) is 48.3 cm³/mol. The Labute approximate surface area is 74.5 Å². The Balaban J connectivity index is 2.52. The molecule has 0 aromatic carbocycles. The van der Waals surface area contributed by atoms with Crippen LogP contribution in [0.2, 0.25) is 0 Å². The highest BCUT2D eigenvalue weighted by Crippen LogP contribution is 2.05. The highest BCUT2D eigenvalue weighted by Gasteiger charge is 1.92. The molecule has 0 fully saturated rings. The van der Waals surface area contributed by atoms with Gasteiger partial charge in [0.05, 0.1) is 16.8 Å². The standard InChI is InChI=1S/C7H9N3OS/c1-5-3-7(12-10-5)4-8-9-6(2)11/h3-4H,1-2H3,(H,9,11)/b8-4+. The molecule has 1 rings (SSSR count). The maximum atomic E-state index is 10.4. The number of carbonyl (C=O) groups excluding carboxylic acids is 1. The molecule has 0 saturated heterocycles. The average molecular weight is 183 g/mol. The van der Waals surface area contributed by atoms with Gasteiger partial charge in [0.25, 0.3) is 0 Å². The Bertz CT molecular complexity index is 305. The molecule has 1 aromatic heterocycles. The van der Waals surface area contributed by atoms with E-state index in [1.165, 1.54) is 18.5 Å². The number of rotatable bonds is 2. The second-order valence-electron chi connectivity index (χ2n) is 2.30. The van der Waals surface area contributed by atoms with Crippen LogP contribution in [0.5, 0.6) is 0 Å². The molecule has 5 heteroatoms. The fraction of sp³-hybridized carbons (Fsp3) is 0.286. The van der Waals surface area contributed by atoms with E-state index < -0.39 is 0 Å². The molecule has 4 nitrogen and oxygen atoms in total. The molecule has 0 aliphatic heterocycles. The van der Waals surface area contributed by atoms with Crippen molar-refractivity contribution in [2.75, 3.05) is 0 Å². The zero-order chi connectivity index (χ0) is 8.97. The van der Waals surface area contributed by atoms with Crippen LogP contribution in [0.4, 0.5) is 0 Å².